The number of likely N-dealkylation sites (tertiary alicyclic amines) is 2. The molecule has 6 rings (SSSR count). The van der Waals surface area contributed by atoms with Gasteiger partial charge in [0.1, 0.15) is 34.6 Å². The molecule has 4 saturated heterocycles. The lowest BCUT2D eigenvalue weighted by molar-refractivity contribution is -0.109. The zero-order valence-electron chi connectivity index (χ0n) is 28.6. The van der Waals surface area contributed by atoms with Crippen LogP contribution in [-0.2, 0) is 28.4 Å². The molecule has 2 aromatic carbocycles. The molecule has 4 heterocycles. The molecular formula is C36H46N2O10. The van der Waals surface area contributed by atoms with Crippen LogP contribution in [0.25, 0.3) is 0 Å². The third kappa shape index (κ3) is 9.04. The summed E-state index contributed by atoms with van der Waals surface area (Å²) in [4.78, 5) is 51.4. The Labute approximate surface area is 281 Å². The number of hydrogen-bond acceptors (Lipinski definition) is 10. The minimum absolute atomic E-state index is 0.279. The largest absolute Gasteiger partial charge is 0.456 e. The minimum atomic E-state index is -0.510. The van der Waals surface area contributed by atoms with Crippen LogP contribution in [0.15, 0.2) is 60.7 Å². The van der Waals surface area contributed by atoms with Gasteiger partial charge in [0.05, 0.1) is 50.5 Å². The van der Waals surface area contributed by atoms with Gasteiger partial charge < -0.3 is 38.2 Å². The highest BCUT2D eigenvalue weighted by molar-refractivity contribution is 5.90. The highest BCUT2D eigenvalue weighted by Crippen LogP contribution is 2.38. The Hall–Kier alpha value is -4.16. The topological polar surface area (TPSA) is 130 Å². The average molecular weight is 667 g/mol. The fourth-order valence-electron chi connectivity index (χ4n) is 5.99. The van der Waals surface area contributed by atoms with Gasteiger partial charge in [-0.15, -0.1) is 0 Å². The predicted octanol–water partition coefficient (Wildman–Crippen LogP) is 5.24. The standard InChI is InChI=1S/2C18H23NO5/c2*1-17(2,3)24-16(21)19-11-18(12-19)9-14(10-22-18)23-15(20)13-7-5-4-6-8-13/h2*4-8,14H,9-12H2,1-3H3/t14-;/m1./s1. The van der Waals surface area contributed by atoms with E-state index in [9.17, 15) is 19.2 Å². The SMILES string of the molecule is CC(C)(C)OC(=O)N1CC2(CC(OC(=O)c3ccccc3)CO2)C1.CC(C)(C)OC(=O)N1CC2(C[C@@H](OC(=O)c3ccccc3)CO2)C1. The summed E-state index contributed by atoms with van der Waals surface area (Å²) in [7, 11) is 0. The van der Waals surface area contributed by atoms with Crippen molar-refractivity contribution in [2.45, 2.75) is 89.0 Å². The zero-order valence-corrected chi connectivity index (χ0v) is 28.6. The van der Waals surface area contributed by atoms with Crippen molar-refractivity contribution in [3.63, 3.8) is 0 Å². The van der Waals surface area contributed by atoms with E-state index in [2.05, 4.69) is 0 Å². The fraction of sp³-hybridized carbons (Fsp3) is 0.556. The van der Waals surface area contributed by atoms with Gasteiger partial charge in [0.2, 0.25) is 0 Å². The maximum Gasteiger partial charge on any atom is 0.410 e. The van der Waals surface area contributed by atoms with Crippen molar-refractivity contribution < 1.29 is 47.6 Å². The van der Waals surface area contributed by atoms with Crippen molar-refractivity contribution in [2.75, 3.05) is 39.4 Å². The molecule has 4 aliphatic heterocycles. The van der Waals surface area contributed by atoms with Gasteiger partial charge in [-0.05, 0) is 65.8 Å². The van der Waals surface area contributed by atoms with Crippen LogP contribution in [0.1, 0.15) is 75.1 Å². The fourth-order valence-corrected chi connectivity index (χ4v) is 5.99. The smallest absolute Gasteiger partial charge is 0.410 e. The molecule has 0 aromatic heterocycles. The summed E-state index contributed by atoms with van der Waals surface area (Å²) in [6.45, 7) is 13.7. The Morgan fingerprint density at radius 1 is 0.604 bits per heavy atom. The molecule has 4 fully saturated rings. The predicted molar refractivity (Wildman–Crippen MR) is 174 cm³/mol. The lowest BCUT2D eigenvalue weighted by Crippen LogP contribution is -2.63. The number of nitrogens with zero attached hydrogens (tertiary/aromatic N) is 2. The summed E-state index contributed by atoms with van der Waals surface area (Å²) in [6.07, 6.45) is -0.0182. The van der Waals surface area contributed by atoms with Gasteiger partial charge in [-0.3, -0.25) is 0 Å². The summed E-state index contributed by atoms with van der Waals surface area (Å²) >= 11 is 0. The molecule has 0 aliphatic carbocycles. The van der Waals surface area contributed by atoms with Crippen LogP contribution < -0.4 is 0 Å². The van der Waals surface area contributed by atoms with Crippen LogP contribution >= 0.6 is 0 Å². The van der Waals surface area contributed by atoms with Crippen molar-refractivity contribution in [1.29, 1.82) is 0 Å². The molecule has 0 saturated carbocycles. The molecule has 12 heteroatoms. The Bertz CT molecular complexity index is 1340. The van der Waals surface area contributed by atoms with E-state index in [0.717, 1.165) is 0 Å². The molecule has 2 atom stereocenters. The second-order valence-electron chi connectivity index (χ2n) is 14.9. The van der Waals surface area contributed by atoms with Crippen LogP contribution in [0, 0.1) is 0 Å². The normalized spacial score (nSPS) is 22.1. The number of amides is 2. The third-order valence-electron chi connectivity index (χ3n) is 8.14. The summed E-state index contributed by atoms with van der Waals surface area (Å²) in [6, 6.07) is 17.8. The van der Waals surface area contributed by atoms with E-state index < -0.39 is 22.4 Å². The van der Waals surface area contributed by atoms with Gasteiger partial charge in [0.15, 0.2) is 0 Å². The number of carbonyl (C=O) groups is 4. The van der Waals surface area contributed by atoms with E-state index in [4.69, 9.17) is 28.4 Å². The monoisotopic (exact) mass is 666 g/mol. The van der Waals surface area contributed by atoms with Crippen molar-refractivity contribution in [2.24, 2.45) is 0 Å². The minimum Gasteiger partial charge on any atom is -0.456 e. The maximum absolute atomic E-state index is 12.1. The Kier molecular flexibility index (Phi) is 10.1. The van der Waals surface area contributed by atoms with Crippen LogP contribution in [0.5, 0.6) is 0 Å². The van der Waals surface area contributed by atoms with E-state index in [1.807, 2.05) is 53.7 Å². The van der Waals surface area contributed by atoms with Gasteiger partial charge in [-0.25, -0.2) is 19.2 Å². The molecule has 2 spiro atoms. The van der Waals surface area contributed by atoms with E-state index in [-0.39, 0.29) is 36.3 Å². The van der Waals surface area contributed by atoms with Crippen LogP contribution in [0.4, 0.5) is 9.59 Å². The number of esters is 2. The Morgan fingerprint density at radius 3 is 1.25 bits per heavy atom. The molecule has 4 aliphatic rings. The van der Waals surface area contributed by atoms with Crippen molar-refractivity contribution in [3.8, 4) is 0 Å². The highest BCUT2D eigenvalue weighted by Gasteiger charge is 2.54. The Morgan fingerprint density at radius 2 is 0.938 bits per heavy atom. The number of carbonyl (C=O) groups excluding carboxylic acids is 4. The first-order chi connectivity index (χ1) is 22.5. The third-order valence-corrected chi connectivity index (χ3v) is 8.14. The second kappa shape index (κ2) is 13.8. The van der Waals surface area contributed by atoms with Gasteiger partial charge in [-0.2, -0.15) is 0 Å². The molecule has 48 heavy (non-hydrogen) atoms. The van der Waals surface area contributed by atoms with E-state index in [1.54, 1.807) is 58.3 Å². The van der Waals surface area contributed by atoms with Gasteiger partial charge in [0, 0.05) is 12.8 Å². The van der Waals surface area contributed by atoms with Gasteiger partial charge in [0.25, 0.3) is 0 Å². The lowest BCUT2D eigenvalue weighted by atomic mass is 9.90. The summed E-state index contributed by atoms with van der Waals surface area (Å²) in [5.41, 5.74) is -0.768. The molecule has 1 unspecified atom stereocenters. The quantitative estimate of drug-likeness (QED) is 0.315. The van der Waals surface area contributed by atoms with E-state index >= 15 is 0 Å². The molecule has 260 valence electrons. The average Bonchev–Trinajstić information content (AvgIpc) is 3.60. The number of rotatable bonds is 4. The molecule has 0 N–H and O–H groups in total. The molecule has 2 amide bonds. The Balaban J connectivity index is 0.000000188. The van der Waals surface area contributed by atoms with E-state index in [1.165, 1.54) is 0 Å². The zero-order chi connectivity index (χ0) is 34.7. The van der Waals surface area contributed by atoms with Crippen molar-refractivity contribution in [3.05, 3.63) is 71.8 Å². The molecule has 0 radical (unpaired) electrons. The first kappa shape index (κ1) is 35.2. The molecule has 0 bridgehead atoms. The van der Waals surface area contributed by atoms with Crippen LogP contribution in [-0.4, -0.2) is 108 Å². The maximum atomic E-state index is 12.1. The summed E-state index contributed by atoms with van der Waals surface area (Å²) in [5.74, 6) is -0.686. The number of hydrogen-bond donors (Lipinski definition) is 0. The van der Waals surface area contributed by atoms with Crippen molar-refractivity contribution >= 4 is 24.1 Å². The second-order valence-corrected chi connectivity index (χ2v) is 14.9. The first-order valence-electron chi connectivity index (χ1n) is 16.3. The summed E-state index contributed by atoms with van der Waals surface area (Å²) < 4.78 is 33.3. The van der Waals surface area contributed by atoms with Crippen LogP contribution in [0.2, 0.25) is 0 Å². The lowest BCUT2D eigenvalue weighted by Gasteiger charge is -2.46. The summed E-state index contributed by atoms with van der Waals surface area (Å²) in [5, 5.41) is 0. The number of benzene rings is 2. The van der Waals surface area contributed by atoms with Crippen molar-refractivity contribution in [1.82, 2.24) is 9.80 Å². The molecule has 12 nitrogen and oxygen atoms in total. The highest BCUT2D eigenvalue weighted by atomic mass is 16.6. The molecule has 2 aromatic rings. The van der Waals surface area contributed by atoms with Crippen LogP contribution in [0.3, 0.4) is 0 Å². The van der Waals surface area contributed by atoms with Gasteiger partial charge in [-0.1, -0.05) is 36.4 Å². The molecular weight excluding hydrogens is 620 g/mol. The van der Waals surface area contributed by atoms with Gasteiger partial charge >= 0.3 is 24.1 Å². The first-order valence-corrected chi connectivity index (χ1v) is 16.3. The van der Waals surface area contributed by atoms with E-state index in [0.29, 0.717) is 63.4 Å². The number of ether oxygens (including phenoxy) is 6.